The summed E-state index contributed by atoms with van der Waals surface area (Å²) in [5.41, 5.74) is 6.90. The van der Waals surface area contributed by atoms with Crippen molar-refractivity contribution in [1.29, 1.82) is 0 Å². The molecule has 0 bridgehead atoms. The molecule has 1 aromatic rings. The van der Waals surface area contributed by atoms with Crippen LogP contribution in [-0.4, -0.2) is 4.99 Å². The van der Waals surface area contributed by atoms with Gasteiger partial charge in [-0.05, 0) is 17.5 Å². The lowest BCUT2D eigenvalue weighted by atomic mass is 9.89. The van der Waals surface area contributed by atoms with Gasteiger partial charge in [0, 0.05) is 10.4 Å². The molecule has 0 aromatic heterocycles. The molecule has 2 N–H and O–H groups in total. The van der Waals surface area contributed by atoms with E-state index in [-0.39, 0.29) is 5.92 Å². The molecule has 1 nitrogen and oxygen atoms in total. The maximum absolute atomic E-state index is 5.64. The summed E-state index contributed by atoms with van der Waals surface area (Å²) in [4.78, 5) is 0.577. The molecule has 0 aliphatic heterocycles. The second kappa shape index (κ2) is 4.89. The number of benzene rings is 1. The smallest absolute Gasteiger partial charge is 0.0761 e. The summed E-state index contributed by atoms with van der Waals surface area (Å²) >= 11 is 8.53. The Morgan fingerprint density at radius 2 is 1.93 bits per heavy atom. The molecule has 2 atom stereocenters. The average molecular weight is 272 g/mol. The van der Waals surface area contributed by atoms with Crippen LogP contribution in [0.3, 0.4) is 0 Å². The van der Waals surface area contributed by atoms with Crippen LogP contribution in [0.2, 0.25) is 0 Å². The van der Waals surface area contributed by atoms with Gasteiger partial charge >= 0.3 is 0 Å². The number of rotatable bonds is 3. The minimum absolute atomic E-state index is 0.226. The molecule has 0 radical (unpaired) electrons. The fraction of sp³-hybridized carbons (Fsp3) is 0.364. The third kappa shape index (κ3) is 2.55. The van der Waals surface area contributed by atoms with Gasteiger partial charge in [-0.1, -0.05) is 60.2 Å². The molecule has 3 heteroatoms. The van der Waals surface area contributed by atoms with Gasteiger partial charge in [-0.2, -0.15) is 0 Å². The highest BCUT2D eigenvalue weighted by Crippen LogP contribution is 2.30. The predicted octanol–water partition coefficient (Wildman–Crippen LogP) is 3.47. The van der Waals surface area contributed by atoms with Gasteiger partial charge in [0.1, 0.15) is 0 Å². The summed E-state index contributed by atoms with van der Waals surface area (Å²) < 4.78 is 1.12. The minimum Gasteiger partial charge on any atom is -0.393 e. The second-order valence-corrected chi connectivity index (χ2v) is 4.83. The number of hydrogen-bond acceptors (Lipinski definition) is 1. The first kappa shape index (κ1) is 11.7. The molecule has 0 saturated heterocycles. The Labute approximate surface area is 98.8 Å². The van der Waals surface area contributed by atoms with Crippen molar-refractivity contribution in [2.24, 2.45) is 11.7 Å². The number of thiocarbonyl (C=S) groups is 1. The number of nitrogens with two attached hydrogens (primary N) is 1. The van der Waals surface area contributed by atoms with E-state index < -0.39 is 0 Å². The van der Waals surface area contributed by atoms with Crippen molar-refractivity contribution >= 4 is 33.1 Å². The highest BCUT2D eigenvalue weighted by molar-refractivity contribution is 9.10. The Morgan fingerprint density at radius 3 is 2.43 bits per heavy atom. The van der Waals surface area contributed by atoms with E-state index >= 15 is 0 Å². The van der Waals surface area contributed by atoms with Crippen molar-refractivity contribution in [3.05, 3.63) is 34.3 Å². The summed E-state index contributed by atoms with van der Waals surface area (Å²) in [5.74, 6) is 0.576. The first-order valence-electron chi connectivity index (χ1n) is 4.57. The van der Waals surface area contributed by atoms with Crippen LogP contribution in [-0.2, 0) is 0 Å². The third-order valence-electron chi connectivity index (χ3n) is 2.59. The summed E-state index contributed by atoms with van der Waals surface area (Å²) in [7, 11) is 0. The summed E-state index contributed by atoms with van der Waals surface area (Å²) in [6, 6.07) is 8.18. The highest BCUT2D eigenvalue weighted by Gasteiger charge is 2.18. The van der Waals surface area contributed by atoms with Gasteiger partial charge in [-0.3, -0.25) is 0 Å². The normalized spacial score (nSPS) is 14.8. The molecular weight excluding hydrogens is 258 g/mol. The minimum atomic E-state index is 0.226. The predicted molar refractivity (Wildman–Crippen MR) is 68.5 cm³/mol. The van der Waals surface area contributed by atoms with E-state index in [9.17, 15) is 0 Å². The Balaban J connectivity index is 2.94. The van der Waals surface area contributed by atoms with Gasteiger partial charge < -0.3 is 5.73 Å². The average Bonchev–Trinajstić information content (AvgIpc) is 2.16. The lowest BCUT2D eigenvalue weighted by molar-refractivity contribution is 0.624. The van der Waals surface area contributed by atoms with Crippen molar-refractivity contribution < 1.29 is 0 Å². The van der Waals surface area contributed by atoms with Crippen LogP contribution in [0, 0.1) is 5.92 Å². The van der Waals surface area contributed by atoms with Crippen LogP contribution < -0.4 is 5.73 Å². The fourth-order valence-corrected chi connectivity index (χ4v) is 2.21. The molecule has 1 aromatic carbocycles. The fourth-order valence-electron chi connectivity index (χ4n) is 1.36. The van der Waals surface area contributed by atoms with Crippen molar-refractivity contribution in [3.8, 4) is 0 Å². The van der Waals surface area contributed by atoms with E-state index in [4.69, 9.17) is 18.0 Å². The molecule has 0 amide bonds. The Bertz CT molecular complexity index is 338. The van der Waals surface area contributed by atoms with E-state index in [0.717, 1.165) is 4.47 Å². The summed E-state index contributed by atoms with van der Waals surface area (Å²) in [6.45, 7) is 4.20. The largest absolute Gasteiger partial charge is 0.393 e. The Morgan fingerprint density at radius 1 is 1.36 bits per heavy atom. The molecular formula is C11H14BrNS. The SMILES string of the molecule is CC(C(N)=S)C(C)c1ccccc1Br. The Hall–Kier alpha value is -0.410. The van der Waals surface area contributed by atoms with E-state index in [2.05, 4.69) is 35.8 Å². The van der Waals surface area contributed by atoms with Crippen LogP contribution in [0.25, 0.3) is 0 Å². The quantitative estimate of drug-likeness (QED) is 0.852. The van der Waals surface area contributed by atoms with Gasteiger partial charge in [0.2, 0.25) is 0 Å². The van der Waals surface area contributed by atoms with Gasteiger partial charge in [0.05, 0.1) is 4.99 Å². The van der Waals surface area contributed by atoms with E-state index in [1.807, 2.05) is 18.2 Å². The van der Waals surface area contributed by atoms with Crippen molar-refractivity contribution in [2.45, 2.75) is 19.8 Å². The second-order valence-electron chi connectivity index (χ2n) is 3.50. The standard InChI is InChI=1S/C11H14BrNS/c1-7(8(2)11(13)14)9-5-3-4-6-10(9)12/h3-8H,1-2H3,(H2,13,14). The molecule has 1 rings (SSSR count). The first-order chi connectivity index (χ1) is 6.54. The molecule has 0 fully saturated rings. The van der Waals surface area contributed by atoms with E-state index in [1.165, 1.54) is 5.56 Å². The van der Waals surface area contributed by atoms with Crippen LogP contribution >= 0.6 is 28.1 Å². The zero-order chi connectivity index (χ0) is 10.7. The van der Waals surface area contributed by atoms with Crippen LogP contribution in [0.4, 0.5) is 0 Å². The monoisotopic (exact) mass is 271 g/mol. The molecule has 0 aliphatic rings. The van der Waals surface area contributed by atoms with Crippen molar-refractivity contribution in [1.82, 2.24) is 0 Å². The topological polar surface area (TPSA) is 26.0 Å². The maximum atomic E-state index is 5.64. The van der Waals surface area contributed by atoms with E-state index in [0.29, 0.717) is 10.9 Å². The molecule has 0 saturated carbocycles. The molecule has 0 aliphatic carbocycles. The zero-order valence-corrected chi connectivity index (χ0v) is 10.7. The van der Waals surface area contributed by atoms with Crippen LogP contribution in [0.5, 0.6) is 0 Å². The molecule has 0 spiro atoms. The molecule has 14 heavy (non-hydrogen) atoms. The Kier molecular flexibility index (Phi) is 4.08. The maximum Gasteiger partial charge on any atom is 0.0761 e. The van der Waals surface area contributed by atoms with Gasteiger partial charge in [-0.25, -0.2) is 0 Å². The highest BCUT2D eigenvalue weighted by atomic mass is 79.9. The van der Waals surface area contributed by atoms with E-state index in [1.54, 1.807) is 0 Å². The lowest BCUT2D eigenvalue weighted by Gasteiger charge is -2.20. The number of hydrogen-bond donors (Lipinski definition) is 1. The van der Waals surface area contributed by atoms with Gasteiger partial charge in [0.25, 0.3) is 0 Å². The zero-order valence-electron chi connectivity index (χ0n) is 8.33. The van der Waals surface area contributed by atoms with Gasteiger partial charge in [-0.15, -0.1) is 0 Å². The first-order valence-corrected chi connectivity index (χ1v) is 5.78. The lowest BCUT2D eigenvalue weighted by Crippen LogP contribution is -2.23. The van der Waals surface area contributed by atoms with Crippen LogP contribution in [0.1, 0.15) is 25.3 Å². The molecule has 76 valence electrons. The molecule has 2 unspecified atom stereocenters. The summed E-state index contributed by atoms with van der Waals surface area (Å²) in [6.07, 6.45) is 0. The van der Waals surface area contributed by atoms with Crippen molar-refractivity contribution in [3.63, 3.8) is 0 Å². The van der Waals surface area contributed by atoms with Crippen molar-refractivity contribution in [2.75, 3.05) is 0 Å². The third-order valence-corrected chi connectivity index (χ3v) is 3.69. The van der Waals surface area contributed by atoms with Gasteiger partial charge in [0.15, 0.2) is 0 Å². The van der Waals surface area contributed by atoms with Crippen LogP contribution in [0.15, 0.2) is 28.7 Å². The molecule has 0 heterocycles. The summed E-state index contributed by atoms with van der Waals surface area (Å²) in [5, 5.41) is 0. The number of halogens is 1.